The Labute approximate surface area is 116 Å². The van der Waals surface area contributed by atoms with E-state index in [9.17, 15) is 9.90 Å². The fraction of sp³-hybridized carbons (Fsp3) is 0.933. The van der Waals surface area contributed by atoms with E-state index in [-0.39, 0.29) is 12.0 Å². The predicted octanol–water partition coefficient (Wildman–Crippen LogP) is 1.96. The summed E-state index contributed by atoms with van der Waals surface area (Å²) in [6.45, 7) is 6.50. The van der Waals surface area contributed by atoms with Crippen molar-refractivity contribution < 1.29 is 14.6 Å². The Morgan fingerprint density at radius 1 is 1.42 bits per heavy atom. The molecule has 0 aromatic heterocycles. The highest BCUT2D eigenvalue weighted by atomic mass is 16.5. The number of carbonyl (C=O) groups is 1. The number of rotatable bonds is 5. The van der Waals surface area contributed by atoms with E-state index >= 15 is 0 Å². The summed E-state index contributed by atoms with van der Waals surface area (Å²) < 4.78 is 5.78. The molecule has 1 saturated heterocycles. The Balaban J connectivity index is 1.75. The minimum Gasteiger partial charge on any atom is -0.389 e. The number of amides is 1. The van der Waals surface area contributed by atoms with Crippen LogP contribution in [0, 0.1) is 5.92 Å². The van der Waals surface area contributed by atoms with Crippen LogP contribution in [-0.2, 0) is 9.53 Å². The average Bonchev–Trinajstić information content (AvgIpc) is 2.95. The molecule has 19 heavy (non-hydrogen) atoms. The molecule has 1 unspecified atom stereocenters. The molecule has 1 aliphatic heterocycles. The molecule has 0 bridgehead atoms. The van der Waals surface area contributed by atoms with Crippen LogP contribution < -0.4 is 0 Å². The zero-order valence-electron chi connectivity index (χ0n) is 12.2. The summed E-state index contributed by atoms with van der Waals surface area (Å²) in [4.78, 5) is 14.1. The number of nitrogens with zero attached hydrogens (tertiary/aromatic N) is 1. The van der Waals surface area contributed by atoms with Crippen LogP contribution in [0.3, 0.4) is 0 Å². The summed E-state index contributed by atoms with van der Waals surface area (Å²) in [7, 11) is 0. The minimum absolute atomic E-state index is 0.0973. The van der Waals surface area contributed by atoms with Gasteiger partial charge in [0.2, 0.25) is 5.91 Å². The largest absolute Gasteiger partial charge is 0.389 e. The number of hydrogen-bond acceptors (Lipinski definition) is 3. The average molecular weight is 269 g/mol. The van der Waals surface area contributed by atoms with Crippen LogP contribution in [0.15, 0.2) is 0 Å². The summed E-state index contributed by atoms with van der Waals surface area (Å²) in [5.41, 5.74) is -0.728. The number of carbonyl (C=O) groups excluding carboxylic acids is 1. The molecule has 0 radical (unpaired) electrons. The second-order valence-corrected chi connectivity index (χ2v) is 6.59. The van der Waals surface area contributed by atoms with Crippen molar-refractivity contribution in [2.45, 2.75) is 64.1 Å². The van der Waals surface area contributed by atoms with Crippen molar-refractivity contribution in [2.75, 3.05) is 19.7 Å². The monoisotopic (exact) mass is 269 g/mol. The zero-order valence-corrected chi connectivity index (χ0v) is 12.2. The molecule has 2 rings (SSSR count). The summed E-state index contributed by atoms with van der Waals surface area (Å²) in [5.74, 6) is 0.629. The van der Waals surface area contributed by atoms with E-state index in [0.29, 0.717) is 18.9 Å². The highest BCUT2D eigenvalue weighted by molar-refractivity contribution is 5.77. The predicted molar refractivity (Wildman–Crippen MR) is 73.8 cm³/mol. The topological polar surface area (TPSA) is 49.8 Å². The molecule has 1 saturated carbocycles. The third-order valence-corrected chi connectivity index (χ3v) is 4.18. The van der Waals surface area contributed by atoms with Gasteiger partial charge in [-0.05, 0) is 25.2 Å². The van der Waals surface area contributed by atoms with Gasteiger partial charge in [0.1, 0.15) is 0 Å². The van der Waals surface area contributed by atoms with E-state index in [1.165, 1.54) is 0 Å². The fourth-order valence-corrected chi connectivity index (χ4v) is 3.02. The quantitative estimate of drug-likeness (QED) is 0.830. The van der Waals surface area contributed by atoms with Crippen molar-refractivity contribution in [2.24, 2.45) is 5.92 Å². The normalized spacial score (nSPS) is 26.3. The second-order valence-electron chi connectivity index (χ2n) is 6.59. The molecule has 0 aromatic rings. The van der Waals surface area contributed by atoms with E-state index in [2.05, 4.69) is 13.8 Å². The van der Waals surface area contributed by atoms with Crippen molar-refractivity contribution in [3.63, 3.8) is 0 Å². The lowest BCUT2D eigenvalue weighted by Gasteiger charge is -2.25. The summed E-state index contributed by atoms with van der Waals surface area (Å²) in [6.07, 6.45) is 5.05. The van der Waals surface area contributed by atoms with E-state index in [1.54, 1.807) is 0 Å². The van der Waals surface area contributed by atoms with E-state index in [1.807, 2.05) is 4.90 Å². The molecule has 0 spiro atoms. The number of ether oxygens (including phenoxy) is 1. The van der Waals surface area contributed by atoms with Gasteiger partial charge in [0, 0.05) is 19.7 Å². The first-order chi connectivity index (χ1) is 8.98. The maximum absolute atomic E-state index is 12.2. The molecule has 1 amide bonds. The second kappa shape index (κ2) is 6.23. The molecule has 110 valence electrons. The van der Waals surface area contributed by atoms with Crippen molar-refractivity contribution in [1.29, 1.82) is 0 Å². The molecule has 1 aliphatic carbocycles. The van der Waals surface area contributed by atoms with E-state index in [0.717, 1.165) is 45.3 Å². The number of aliphatic hydroxyl groups is 1. The lowest BCUT2D eigenvalue weighted by molar-refractivity contribution is -0.135. The van der Waals surface area contributed by atoms with Crippen LogP contribution in [0.25, 0.3) is 0 Å². The van der Waals surface area contributed by atoms with Gasteiger partial charge in [-0.2, -0.15) is 0 Å². The van der Waals surface area contributed by atoms with Crippen molar-refractivity contribution >= 4 is 5.91 Å². The molecule has 2 fully saturated rings. The van der Waals surface area contributed by atoms with Crippen LogP contribution >= 0.6 is 0 Å². The lowest BCUT2D eigenvalue weighted by Crippen LogP contribution is -2.37. The smallest absolute Gasteiger partial charge is 0.225 e. The van der Waals surface area contributed by atoms with Gasteiger partial charge in [0.25, 0.3) is 0 Å². The summed E-state index contributed by atoms with van der Waals surface area (Å²) in [6, 6.07) is 0. The summed E-state index contributed by atoms with van der Waals surface area (Å²) >= 11 is 0. The molecule has 1 N–H and O–H groups in total. The van der Waals surface area contributed by atoms with Gasteiger partial charge in [-0.25, -0.2) is 0 Å². The Hall–Kier alpha value is -0.610. The Morgan fingerprint density at radius 2 is 2.11 bits per heavy atom. The van der Waals surface area contributed by atoms with E-state index < -0.39 is 5.60 Å². The SMILES string of the molecule is CC(C)COC1CCN(C(=O)CC2(O)CCCC2)C1. The first-order valence-corrected chi connectivity index (χ1v) is 7.60. The molecular weight excluding hydrogens is 242 g/mol. The summed E-state index contributed by atoms with van der Waals surface area (Å²) in [5, 5.41) is 10.3. The highest BCUT2D eigenvalue weighted by Gasteiger charge is 2.36. The first-order valence-electron chi connectivity index (χ1n) is 7.60. The molecule has 1 atom stereocenters. The highest BCUT2D eigenvalue weighted by Crippen LogP contribution is 2.33. The van der Waals surface area contributed by atoms with Crippen LogP contribution in [0.1, 0.15) is 52.4 Å². The van der Waals surface area contributed by atoms with Crippen LogP contribution in [0.5, 0.6) is 0 Å². The van der Waals surface area contributed by atoms with Gasteiger partial charge in [0.05, 0.1) is 18.1 Å². The Morgan fingerprint density at radius 3 is 2.74 bits per heavy atom. The third kappa shape index (κ3) is 4.18. The van der Waals surface area contributed by atoms with Crippen LogP contribution in [0.2, 0.25) is 0 Å². The van der Waals surface area contributed by atoms with Crippen LogP contribution in [0.4, 0.5) is 0 Å². The Kier molecular flexibility index (Phi) is 4.85. The Bertz CT molecular complexity index is 311. The number of hydrogen-bond donors (Lipinski definition) is 1. The third-order valence-electron chi connectivity index (χ3n) is 4.18. The van der Waals surface area contributed by atoms with Crippen molar-refractivity contribution in [3.05, 3.63) is 0 Å². The van der Waals surface area contributed by atoms with Gasteiger partial charge in [0.15, 0.2) is 0 Å². The van der Waals surface area contributed by atoms with E-state index in [4.69, 9.17) is 4.74 Å². The fourth-order valence-electron chi connectivity index (χ4n) is 3.02. The molecule has 2 aliphatic rings. The zero-order chi connectivity index (χ0) is 13.9. The van der Waals surface area contributed by atoms with Crippen molar-refractivity contribution in [3.8, 4) is 0 Å². The lowest BCUT2D eigenvalue weighted by atomic mass is 9.97. The molecule has 4 nitrogen and oxygen atoms in total. The first kappa shape index (κ1) is 14.8. The van der Waals surface area contributed by atoms with Gasteiger partial charge in [-0.1, -0.05) is 26.7 Å². The minimum atomic E-state index is -0.728. The molecule has 0 aromatic carbocycles. The molecular formula is C15H27NO3. The van der Waals surface area contributed by atoms with Gasteiger partial charge < -0.3 is 14.7 Å². The molecule has 4 heteroatoms. The standard InChI is InChI=1S/C15H27NO3/c1-12(2)11-19-13-5-8-16(10-13)14(17)9-15(18)6-3-4-7-15/h12-13,18H,3-11H2,1-2H3. The van der Waals surface area contributed by atoms with Gasteiger partial charge >= 0.3 is 0 Å². The number of likely N-dealkylation sites (tertiary alicyclic amines) is 1. The maximum Gasteiger partial charge on any atom is 0.225 e. The van der Waals surface area contributed by atoms with Gasteiger partial charge in [-0.15, -0.1) is 0 Å². The maximum atomic E-state index is 12.2. The van der Waals surface area contributed by atoms with Gasteiger partial charge in [-0.3, -0.25) is 4.79 Å². The molecule has 1 heterocycles. The van der Waals surface area contributed by atoms with Crippen LogP contribution in [-0.4, -0.2) is 47.3 Å². The van der Waals surface area contributed by atoms with Crippen molar-refractivity contribution in [1.82, 2.24) is 4.90 Å².